The lowest BCUT2D eigenvalue weighted by Crippen LogP contribution is -2.41. The molecule has 1 N–H and O–H groups in total. The van der Waals surface area contributed by atoms with Crippen LogP contribution in [0.4, 0.5) is 4.79 Å². The number of nitrogens with one attached hydrogen (secondary N) is 1. The number of H-pyrrole nitrogens is 1. The molecule has 9 heteroatoms. The number of carbonyl (C=O) groups is 1. The van der Waals surface area contributed by atoms with Crippen LogP contribution in [0.15, 0.2) is 18.2 Å². The van der Waals surface area contributed by atoms with E-state index in [0.29, 0.717) is 0 Å². The first kappa shape index (κ1) is 24.4. The monoisotopic (exact) mass is 473 g/mol. The largest absolute Gasteiger partial charge is 0.494 e. The predicted molar refractivity (Wildman–Crippen MR) is 134 cm³/mol. The third-order valence-electron chi connectivity index (χ3n) is 6.62. The first-order valence-corrected chi connectivity index (χ1v) is 12.7. The Bertz CT molecular complexity index is 1020. The molecular formula is C24H36BN3O4S. The van der Waals surface area contributed by atoms with E-state index in [1.54, 1.807) is 11.8 Å². The molecule has 2 aliphatic heterocycles. The van der Waals surface area contributed by atoms with Gasteiger partial charge in [-0.2, -0.15) is 0 Å². The average molecular weight is 473 g/mol. The molecule has 2 aliphatic rings. The number of benzene rings is 1. The molecular weight excluding hydrogens is 437 g/mol. The maximum Gasteiger partial charge on any atom is 0.494 e. The van der Waals surface area contributed by atoms with E-state index in [2.05, 4.69) is 45.7 Å². The standard InChI is InChI=1S/C24H36BN3O4S/c1-15(33-19-10-9-13-28(19)21(29)30-22(2,3)4)20-26-17-12-11-16(14-18(17)27-20)25-31-23(5,6)24(7,8)32-25/h11-12,14-15,19H,9-10,13H2,1-8H3,(H,26,27). The molecule has 3 heterocycles. The van der Waals surface area contributed by atoms with E-state index in [9.17, 15) is 4.79 Å². The van der Waals surface area contributed by atoms with Gasteiger partial charge in [0.1, 0.15) is 11.4 Å². The van der Waals surface area contributed by atoms with Crippen LogP contribution >= 0.6 is 11.8 Å². The number of fused-ring (bicyclic) bond motifs is 1. The first-order valence-electron chi connectivity index (χ1n) is 11.8. The van der Waals surface area contributed by atoms with Crippen LogP contribution in [0.5, 0.6) is 0 Å². The highest BCUT2D eigenvalue weighted by atomic mass is 32.2. The van der Waals surface area contributed by atoms with Gasteiger partial charge in [-0.15, -0.1) is 11.8 Å². The van der Waals surface area contributed by atoms with Crippen LogP contribution in [0.1, 0.15) is 79.3 Å². The number of imidazole rings is 1. The number of aromatic nitrogens is 2. The molecule has 180 valence electrons. The van der Waals surface area contributed by atoms with Crippen LogP contribution in [0.2, 0.25) is 0 Å². The Kier molecular flexibility index (Phi) is 6.29. The zero-order chi connectivity index (χ0) is 24.2. The van der Waals surface area contributed by atoms with Gasteiger partial charge in [-0.3, -0.25) is 4.90 Å². The lowest BCUT2D eigenvalue weighted by Gasteiger charge is -2.32. The number of aromatic amines is 1. The summed E-state index contributed by atoms with van der Waals surface area (Å²) in [6.07, 6.45) is 1.71. The molecule has 33 heavy (non-hydrogen) atoms. The normalized spacial score (nSPS) is 23.3. The minimum atomic E-state index is -0.492. The van der Waals surface area contributed by atoms with E-state index in [-0.39, 0.29) is 27.9 Å². The number of amides is 1. The number of carbonyl (C=O) groups excluding carboxylic acids is 1. The Labute approximate surface area is 201 Å². The van der Waals surface area contributed by atoms with E-state index in [1.165, 1.54) is 0 Å². The van der Waals surface area contributed by atoms with Gasteiger partial charge in [0.25, 0.3) is 0 Å². The lowest BCUT2D eigenvalue weighted by molar-refractivity contribution is 0.00578. The topological polar surface area (TPSA) is 76.7 Å². The van der Waals surface area contributed by atoms with Gasteiger partial charge in [-0.25, -0.2) is 9.78 Å². The Balaban J connectivity index is 1.47. The third kappa shape index (κ3) is 5.05. The van der Waals surface area contributed by atoms with Crippen molar-refractivity contribution in [2.75, 3.05) is 6.54 Å². The Morgan fingerprint density at radius 1 is 1.27 bits per heavy atom. The quantitative estimate of drug-likeness (QED) is 0.629. The van der Waals surface area contributed by atoms with Crippen molar-refractivity contribution in [3.05, 3.63) is 24.0 Å². The number of hydrogen-bond donors (Lipinski definition) is 1. The molecule has 7 nitrogen and oxygen atoms in total. The molecule has 0 aliphatic carbocycles. The molecule has 1 aromatic carbocycles. The summed E-state index contributed by atoms with van der Waals surface area (Å²) < 4.78 is 18.0. The van der Waals surface area contributed by atoms with Crippen LogP contribution in [0.3, 0.4) is 0 Å². The summed E-state index contributed by atoms with van der Waals surface area (Å²) in [6, 6.07) is 6.09. The number of ether oxygens (including phenoxy) is 1. The van der Waals surface area contributed by atoms with Gasteiger partial charge < -0.3 is 19.0 Å². The number of thioether (sulfide) groups is 1. The highest BCUT2D eigenvalue weighted by Crippen LogP contribution is 2.39. The van der Waals surface area contributed by atoms with Crippen LogP contribution < -0.4 is 5.46 Å². The second-order valence-corrected chi connectivity index (χ2v) is 12.6. The highest BCUT2D eigenvalue weighted by molar-refractivity contribution is 8.00. The maximum absolute atomic E-state index is 12.6. The number of likely N-dealkylation sites (tertiary alicyclic amines) is 1. The predicted octanol–water partition coefficient (Wildman–Crippen LogP) is 5.01. The number of hydrogen-bond acceptors (Lipinski definition) is 6. The molecule has 0 radical (unpaired) electrons. The zero-order valence-corrected chi connectivity index (χ0v) is 21.8. The molecule has 1 amide bonds. The van der Waals surface area contributed by atoms with Gasteiger partial charge in [0.2, 0.25) is 0 Å². The van der Waals surface area contributed by atoms with Crippen molar-refractivity contribution >= 4 is 41.5 Å². The van der Waals surface area contributed by atoms with E-state index in [4.69, 9.17) is 19.0 Å². The summed E-state index contributed by atoms with van der Waals surface area (Å²) in [5.74, 6) is 0.900. The maximum atomic E-state index is 12.6. The van der Waals surface area contributed by atoms with Crippen molar-refractivity contribution in [2.24, 2.45) is 0 Å². The molecule has 2 unspecified atom stereocenters. The molecule has 0 bridgehead atoms. The smallest absolute Gasteiger partial charge is 0.444 e. The summed E-state index contributed by atoms with van der Waals surface area (Å²) in [7, 11) is -0.404. The van der Waals surface area contributed by atoms with Crippen LogP contribution in [-0.4, -0.2) is 56.8 Å². The van der Waals surface area contributed by atoms with Gasteiger partial charge in [-0.1, -0.05) is 6.07 Å². The number of rotatable bonds is 4. The Morgan fingerprint density at radius 3 is 2.58 bits per heavy atom. The van der Waals surface area contributed by atoms with Crippen molar-refractivity contribution in [3.8, 4) is 0 Å². The summed E-state index contributed by atoms with van der Waals surface area (Å²) in [5.41, 5.74) is 1.60. The molecule has 2 saturated heterocycles. The second-order valence-electron chi connectivity index (χ2n) is 11.0. The lowest BCUT2D eigenvalue weighted by atomic mass is 9.79. The fourth-order valence-electron chi connectivity index (χ4n) is 4.07. The molecule has 2 atom stereocenters. The van der Waals surface area contributed by atoms with Crippen LogP contribution in [0.25, 0.3) is 11.0 Å². The van der Waals surface area contributed by atoms with Gasteiger partial charge in [0, 0.05) is 6.54 Å². The second kappa shape index (κ2) is 8.50. The van der Waals surface area contributed by atoms with Gasteiger partial charge in [0.15, 0.2) is 0 Å². The van der Waals surface area contributed by atoms with Crippen LogP contribution in [-0.2, 0) is 14.0 Å². The van der Waals surface area contributed by atoms with E-state index >= 15 is 0 Å². The van der Waals surface area contributed by atoms with Crippen molar-refractivity contribution in [1.29, 1.82) is 0 Å². The van der Waals surface area contributed by atoms with Gasteiger partial charge in [-0.05, 0) is 85.8 Å². The minimum Gasteiger partial charge on any atom is -0.444 e. The fraction of sp³-hybridized carbons (Fsp3) is 0.667. The Morgan fingerprint density at radius 2 is 1.94 bits per heavy atom. The first-order chi connectivity index (χ1) is 15.3. The summed E-state index contributed by atoms with van der Waals surface area (Å²) in [5, 5.41) is 0.189. The molecule has 0 spiro atoms. The molecule has 0 saturated carbocycles. The van der Waals surface area contributed by atoms with Crippen LogP contribution in [0, 0.1) is 0 Å². The van der Waals surface area contributed by atoms with Crippen molar-refractivity contribution in [2.45, 2.75) is 95.7 Å². The molecule has 2 aromatic rings. The molecule has 2 fully saturated rings. The average Bonchev–Trinajstić information content (AvgIpc) is 3.36. The van der Waals surface area contributed by atoms with Gasteiger partial charge in [0.05, 0.1) is 32.9 Å². The zero-order valence-electron chi connectivity index (χ0n) is 21.0. The third-order valence-corrected chi connectivity index (χ3v) is 8.06. The van der Waals surface area contributed by atoms with E-state index in [0.717, 1.165) is 41.7 Å². The van der Waals surface area contributed by atoms with Gasteiger partial charge >= 0.3 is 13.2 Å². The summed E-state index contributed by atoms with van der Waals surface area (Å²) in [6.45, 7) is 16.8. The van der Waals surface area contributed by atoms with E-state index < -0.39 is 12.7 Å². The SMILES string of the molecule is CC(SC1CCCN1C(=O)OC(C)(C)C)c1nc2ccc(B3OC(C)(C)C(C)(C)O3)cc2[nH]1. The minimum absolute atomic E-state index is 0.0865. The fourth-order valence-corrected chi connectivity index (χ4v) is 5.43. The van der Waals surface area contributed by atoms with Crippen molar-refractivity contribution in [1.82, 2.24) is 14.9 Å². The van der Waals surface area contributed by atoms with Crippen molar-refractivity contribution < 1.29 is 18.8 Å². The molecule has 4 rings (SSSR count). The summed E-state index contributed by atoms with van der Waals surface area (Å²) in [4.78, 5) is 22.8. The molecule has 1 aromatic heterocycles. The van der Waals surface area contributed by atoms with Crippen molar-refractivity contribution in [3.63, 3.8) is 0 Å². The summed E-state index contributed by atoms with van der Waals surface area (Å²) >= 11 is 1.75. The highest BCUT2D eigenvalue weighted by Gasteiger charge is 2.51. The van der Waals surface area contributed by atoms with E-state index in [1.807, 2.05) is 37.8 Å². The number of nitrogens with zero attached hydrogens (tertiary/aromatic N) is 2. The Hall–Kier alpha value is -1.71.